The minimum atomic E-state index is -1.12. The Bertz CT molecular complexity index is 601. The lowest BCUT2D eigenvalue weighted by molar-refractivity contribution is 0.0696. The van der Waals surface area contributed by atoms with Crippen molar-refractivity contribution in [1.29, 1.82) is 0 Å². The maximum Gasteiger partial charge on any atom is 0.337 e. The van der Waals surface area contributed by atoms with Crippen molar-refractivity contribution in [1.82, 2.24) is 4.98 Å². The fourth-order valence-corrected chi connectivity index (χ4v) is 2.06. The summed E-state index contributed by atoms with van der Waals surface area (Å²) >= 11 is 7.56. The molecule has 19 heavy (non-hydrogen) atoms. The van der Waals surface area contributed by atoms with Gasteiger partial charge in [-0.2, -0.15) is 0 Å². The highest BCUT2D eigenvalue weighted by molar-refractivity contribution is 7.98. The van der Waals surface area contributed by atoms with Gasteiger partial charge in [0.15, 0.2) is 0 Å². The number of benzene rings is 1. The zero-order valence-electron chi connectivity index (χ0n) is 9.96. The fraction of sp³-hybridized carbons (Fsp3) is 0.0769. The number of hydrogen-bond acceptors (Lipinski definition) is 4. The maximum absolute atomic E-state index is 10.9. The fourth-order valence-electron chi connectivity index (χ4n) is 1.42. The molecule has 0 fully saturated rings. The Morgan fingerprint density at radius 3 is 2.58 bits per heavy atom. The van der Waals surface area contributed by atoms with E-state index in [4.69, 9.17) is 21.4 Å². The van der Waals surface area contributed by atoms with Gasteiger partial charge in [0.25, 0.3) is 0 Å². The highest BCUT2D eigenvalue weighted by Crippen LogP contribution is 2.30. The normalized spacial score (nSPS) is 10.2. The number of hydrogen-bond donors (Lipinski definition) is 1. The minimum Gasteiger partial charge on any atom is -0.478 e. The van der Waals surface area contributed by atoms with Gasteiger partial charge in [0.1, 0.15) is 10.8 Å². The molecule has 1 aromatic heterocycles. The molecule has 4 nitrogen and oxygen atoms in total. The highest BCUT2D eigenvalue weighted by Gasteiger charge is 2.14. The summed E-state index contributed by atoms with van der Waals surface area (Å²) in [5, 5.41) is 8.94. The van der Waals surface area contributed by atoms with Gasteiger partial charge in [-0.1, -0.05) is 11.6 Å². The van der Waals surface area contributed by atoms with Crippen LogP contribution in [0.2, 0.25) is 5.02 Å². The van der Waals surface area contributed by atoms with Gasteiger partial charge in [-0.15, -0.1) is 11.8 Å². The van der Waals surface area contributed by atoms with Crippen molar-refractivity contribution in [3.05, 3.63) is 47.1 Å². The molecule has 0 radical (unpaired) electrons. The van der Waals surface area contributed by atoms with Crippen LogP contribution in [0.4, 0.5) is 0 Å². The van der Waals surface area contributed by atoms with E-state index in [1.807, 2.05) is 18.4 Å². The minimum absolute atomic E-state index is 0.0102. The van der Waals surface area contributed by atoms with Crippen LogP contribution >= 0.6 is 23.4 Å². The quantitative estimate of drug-likeness (QED) is 0.866. The van der Waals surface area contributed by atoms with Crippen LogP contribution in [0.15, 0.2) is 41.4 Å². The largest absolute Gasteiger partial charge is 0.478 e. The summed E-state index contributed by atoms with van der Waals surface area (Å²) in [6, 6.07) is 8.67. The molecule has 1 aromatic carbocycles. The summed E-state index contributed by atoms with van der Waals surface area (Å²) in [5.41, 5.74) is -0.0348. The zero-order valence-corrected chi connectivity index (χ0v) is 11.5. The third-order valence-electron chi connectivity index (χ3n) is 2.36. The summed E-state index contributed by atoms with van der Waals surface area (Å²) in [6.07, 6.45) is 3.32. The molecule has 0 saturated carbocycles. The lowest BCUT2D eigenvalue weighted by atomic mass is 10.2. The molecule has 6 heteroatoms. The van der Waals surface area contributed by atoms with Crippen LogP contribution < -0.4 is 4.74 Å². The topological polar surface area (TPSA) is 59.4 Å². The Balaban J connectivity index is 2.27. The van der Waals surface area contributed by atoms with E-state index in [2.05, 4.69) is 4.98 Å². The molecule has 0 aliphatic rings. The molecule has 0 aliphatic heterocycles. The molecule has 0 bridgehead atoms. The number of carbonyl (C=O) groups is 1. The predicted octanol–water partition coefficient (Wildman–Crippen LogP) is 3.95. The molecular formula is C13H10ClNO3S. The number of thioether (sulfide) groups is 1. The van der Waals surface area contributed by atoms with Crippen LogP contribution in [0.1, 0.15) is 10.4 Å². The summed E-state index contributed by atoms with van der Waals surface area (Å²) < 4.78 is 5.48. The average molecular weight is 296 g/mol. The summed E-state index contributed by atoms with van der Waals surface area (Å²) in [5.74, 6) is -0.483. The Morgan fingerprint density at radius 1 is 1.32 bits per heavy atom. The van der Waals surface area contributed by atoms with E-state index in [0.29, 0.717) is 5.75 Å². The van der Waals surface area contributed by atoms with Gasteiger partial charge in [0.05, 0.1) is 5.56 Å². The molecule has 2 rings (SSSR count). The number of pyridine rings is 1. The van der Waals surface area contributed by atoms with Crippen molar-refractivity contribution in [2.24, 2.45) is 0 Å². The van der Waals surface area contributed by atoms with Crippen LogP contribution in [0.5, 0.6) is 11.6 Å². The second kappa shape index (κ2) is 5.95. The summed E-state index contributed by atoms with van der Waals surface area (Å²) in [6.45, 7) is 0. The van der Waals surface area contributed by atoms with Crippen LogP contribution in [-0.4, -0.2) is 22.3 Å². The van der Waals surface area contributed by atoms with Gasteiger partial charge in [-0.05, 0) is 36.6 Å². The van der Waals surface area contributed by atoms with Gasteiger partial charge in [0, 0.05) is 11.1 Å². The summed E-state index contributed by atoms with van der Waals surface area (Å²) in [7, 11) is 0. The van der Waals surface area contributed by atoms with Gasteiger partial charge >= 0.3 is 5.97 Å². The molecule has 0 aliphatic carbocycles. The second-order valence-corrected chi connectivity index (χ2v) is 4.82. The Labute approximate surface area is 119 Å². The highest BCUT2D eigenvalue weighted by atomic mass is 35.5. The third kappa shape index (κ3) is 3.19. The number of nitrogens with zero attached hydrogens (tertiary/aromatic N) is 1. The van der Waals surface area contributed by atoms with E-state index in [1.54, 1.807) is 23.9 Å². The zero-order chi connectivity index (χ0) is 13.8. The molecule has 98 valence electrons. The number of carboxylic acid groups (broad SMARTS) is 1. The van der Waals surface area contributed by atoms with Crippen molar-refractivity contribution >= 4 is 29.3 Å². The Kier molecular flexibility index (Phi) is 4.29. The van der Waals surface area contributed by atoms with Crippen LogP contribution in [0, 0.1) is 0 Å². The average Bonchev–Trinajstić information content (AvgIpc) is 2.41. The molecular weight excluding hydrogens is 286 g/mol. The van der Waals surface area contributed by atoms with Crippen molar-refractivity contribution in [3.63, 3.8) is 0 Å². The molecule has 0 atom stereocenters. The maximum atomic E-state index is 10.9. The molecule has 1 heterocycles. The van der Waals surface area contributed by atoms with E-state index >= 15 is 0 Å². The van der Waals surface area contributed by atoms with Crippen molar-refractivity contribution < 1.29 is 14.6 Å². The standard InChI is InChI=1S/C13H10ClNO3S/c1-19-9-4-2-8(3-5-9)18-12-11(14)10(13(16)17)6-7-15-12/h2-7H,1H3,(H,16,17). The SMILES string of the molecule is CSc1ccc(Oc2nccc(C(=O)O)c2Cl)cc1. The number of halogens is 1. The lowest BCUT2D eigenvalue weighted by Crippen LogP contribution is -2.00. The van der Waals surface area contributed by atoms with Crippen molar-refractivity contribution in [2.45, 2.75) is 4.90 Å². The first-order chi connectivity index (χ1) is 9.11. The molecule has 0 unspecified atom stereocenters. The number of rotatable bonds is 4. The van der Waals surface area contributed by atoms with Crippen LogP contribution in [0.3, 0.4) is 0 Å². The first kappa shape index (κ1) is 13.7. The molecule has 1 N–H and O–H groups in total. The van der Waals surface area contributed by atoms with E-state index in [-0.39, 0.29) is 16.5 Å². The van der Waals surface area contributed by atoms with E-state index in [0.717, 1.165) is 4.90 Å². The van der Waals surface area contributed by atoms with E-state index < -0.39 is 5.97 Å². The van der Waals surface area contributed by atoms with Gasteiger partial charge in [-0.3, -0.25) is 0 Å². The third-order valence-corrected chi connectivity index (χ3v) is 3.47. The lowest BCUT2D eigenvalue weighted by Gasteiger charge is -2.08. The first-order valence-electron chi connectivity index (χ1n) is 5.31. The van der Waals surface area contributed by atoms with E-state index in [9.17, 15) is 4.79 Å². The molecule has 0 amide bonds. The number of aromatic nitrogens is 1. The first-order valence-corrected chi connectivity index (χ1v) is 6.92. The smallest absolute Gasteiger partial charge is 0.337 e. The molecule has 0 saturated heterocycles. The van der Waals surface area contributed by atoms with E-state index in [1.165, 1.54) is 12.3 Å². The monoisotopic (exact) mass is 295 g/mol. The van der Waals surface area contributed by atoms with Gasteiger partial charge in [0.2, 0.25) is 5.88 Å². The van der Waals surface area contributed by atoms with Crippen LogP contribution in [-0.2, 0) is 0 Å². The molecule has 0 spiro atoms. The Hall–Kier alpha value is -1.72. The van der Waals surface area contributed by atoms with Gasteiger partial charge in [-0.25, -0.2) is 9.78 Å². The number of ether oxygens (including phenoxy) is 1. The van der Waals surface area contributed by atoms with Crippen LogP contribution in [0.25, 0.3) is 0 Å². The summed E-state index contributed by atoms with van der Waals surface area (Å²) in [4.78, 5) is 16.0. The molecule has 2 aromatic rings. The van der Waals surface area contributed by atoms with Gasteiger partial charge < -0.3 is 9.84 Å². The van der Waals surface area contributed by atoms with Crippen molar-refractivity contribution in [2.75, 3.05) is 6.26 Å². The van der Waals surface area contributed by atoms with Crippen molar-refractivity contribution in [3.8, 4) is 11.6 Å². The number of carboxylic acids is 1. The Morgan fingerprint density at radius 2 is 2.00 bits per heavy atom. The second-order valence-electron chi connectivity index (χ2n) is 3.56. The number of aromatic carboxylic acids is 1. The predicted molar refractivity (Wildman–Crippen MR) is 74.5 cm³/mol.